The summed E-state index contributed by atoms with van der Waals surface area (Å²) in [5, 5.41) is 3.75. The van der Waals surface area contributed by atoms with Gasteiger partial charge in [0.1, 0.15) is 6.61 Å². The monoisotopic (exact) mass is 329 g/mol. The number of halogens is 3. The Kier molecular flexibility index (Phi) is 9.54. The maximum Gasteiger partial charge on any atom is 0.261 e. The molecule has 0 bridgehead atoms. The lowest BCUT2D eigenvalue weighted by Gasteiger charge is -2.24. The van der Waals surface area contributed by atoms with E-state index in [-0.39, 0.29) is 24.3 Å². The minimum Gasteiger partial charge on any atom is -0.375 e. The maximum absolute atomic E-state index is 11.8. The zero-order valence-corrected chi connectivity index (χ0v) is 12.6. The van der Waals surface area contributed by atoms with Crippen LogP contribution in [0.25, 0.3) is 0 Å². The molecule has 0 aliphatic carbocycles. The van der Waals surface area contributed by atoms with Gasteiger partial charge in [0, 0.05) is 18.3 Å². The van der Waals surface area contributed by atoms with Gasteiger partial charge in [-0.15, -0.1) is 0 Å². The first-order valence-electron chi connectivity index (χ1n) is 6.06. The van der Waals surface area contributed by atoms with Crippen LogP contribution in [-0.4, -0.2) is 37.4 Å². The quantitative estimate of drug-likeness (QED) is 0.494. The largest absolute Gasteiger partial charge is 0.375 e. The second-order valence-electron chi connectivity index (χ2n) is 4.95. The van der Waals surface area contributed by atoms with Gasteiger partial charge in [0.15, 0.2) is 0 Å². The fourth-order valence-electron chi connectivity index (χ4n) is 1.40. The lowest BCUT2D eigenvalue weighted by Crippen LogP contribution is -2.34. The number of hydrogen-bond acceptors (Lipinski definition) is 2. The first-order valence-corrected chi connectivity index (χ1v) is 7.18. The molecule has 0 rings (SSSR count). The fraction of sp³-hybridized carbons (Fsp3) is 0.917. The molecule has 0 fully saturated rings. The SMILES string of the molecule is CC(C)(CCCBr)CNC(=O)CCOCC(F)F. The Balaban J connectivity index is 3.63. The molecule has 0 aromatic carbocycles. The Hall–Kier alpha value is -0.230. The molecule has 0 saturated carbocycles. The Labute approximate surface area is 116 Å². The minimum absolute atomic E-state index is 0.0397. The second-order valence-corrected chi connectivity index (χ2v) is 5.74. The third kappa shape index (κ3) is 10.9. The number of ether oxygens (including phenoxy) is 1. The van der Waals surface area contributed by atoms with Crippen molar-refractivity contribution in [2.75, 3.05) is 25.1 Å². The van der Waals surface area contributed by atoms with Crippen molar-refractivity contribution in [3.05, 3.63) is 0 Å². The molecule has 0 atom stereocenters. The zero-order valence-electron chi connectivity index (χ0n) is 11.0. The number of carbonyl (C=O) groups is 1. The smallest absolute Gasteiger partial charge is 0.261 e. The van der Waals surface area contributed by atoms with Gasteiger partial charge in [-0.25, -0.2) is 8.78 Å². The third-order valence-electron chi connectivity index (χ3n) is 2.47. The highest BCUT2D eigenvalue weighted by Crippen LogP contribution is 2.21. The summed E-state index contributed by atoms with van der Waals surface area (Å²) in [6.07, 6.45) is -0.279. The van der Waals surface area contributed by atoms with E-state index in [1.54, 1.807) is 0 Å². The van der Waals surface area contributed by atoms with Crippen molar-refractivity contribution in [1.29, 1.82) is 0 Å². The predicted molar refractivity (Wildman–Crippen MR) is 71.3 cm³/mol. The van der Waals surface area contributed by atoms with E-state index in [2.05, 4.69) is 39.8 Å². The molecule has 1 amide bonds. The summed E-state index contributed by atoms with van der Waals surface area (Å²) in [5.41, 5.74) is 0.0489. The van der Waals surface area contributed by atoms with Crippen molar-refractivity contribution < 1.29 is 18.3 Å². The van der Waals surface area contributed by atoms with E-state index in [0.29, 0.717) is 6.54 Å². The van der Waals surface area contributed by atoms with E-state index >= 15 is 0 Å². The van der Waals surface area contributed by atoms with Crippen LogP contribution in [0.1, 0.15) is 33.1 Å². The summed E-state index contributed by atoms with van der Waals surface area (Å²) in [5.74, 6) is -0.156. The number of amides is 1. The van der Waals surface area contributed by atoms with Crippen LogP contribution in [0.4, 0.5) is 8.78 Å². The summed E-state index contributed by atoms with van der Waals surface area (Å²) < 4.78 is 28.2. The highest BCUT2D eigenvalue weighted by Gasteiger charge is 2.18. The van der Waals surface area contributed by atoms with Crippen LogP contribution in [0.3, 0.4) is 0 Å². The van der Waals surface area contributed by atoms with Gasteiger partial charge in [-0.2, -0.15) is 0 Å². The Morgan fingerprint density at radius 2 is 2.11 bits per heavy atom. The van der Waals surface area contributed by atoms with Gasteiger partial charge >= 0.3 is 0 Å². The summed E-state index contributed by atoms with van der Waals surface area (Å²) in [7, 11) is 0. The molecular weight excluding hydrogens is 308 g/mol. The van der Waals surface area contributed by atoms with E-state index in [0.717, 1.165) is 18.2 Å². The van der Waals surface area contributed by atoms with Crippen molar-refractivity contribution in [3.63, 3.8) is 0 Å². The Morgan fingerprint density at radius 3 is 2.67 bits per heavy atom. The summed E-state index contributed by atoms with van der Waals surface area (Å²) in [6, 6.07) is 0. The number of nitrogens with one attached hydrogen (secondary N) is 1. The van der Waals surface area contributed by atoms with Crippen LogP contribution in [0.2, 0.25) is 0 Å². The van der Waals surface area contributed by atoms with Gasteiger partial charge in [-0.05, 0) is 18.3 Å². The minimum atomic E-state index is -2.48. The molecule has 18 heavy (non-hydrogen) atoms. The molecule has 0 heterocycles. The highest BCUT2D eigenvalue weighted by molar-refractivity contribution is 9.09. The predicted octanol–water partition coefficient (Wildman–Crippen LogP) is 2.98. The van der Waals surface area contributed by atoms with Crippen molar-refractivity contribution in [1.82, 2.24) is 5.32 Å². The van der Waals surface area contributed by atoms with Crippen molar-refractivity contribution in [2.24, 2.45) is 5.41 Å². The number of alkyl halides is 3. The number of rotatable bonds is 10. The van der Waals surface area contributed by atoms with Crippen LogP contribution in [0, 0.1) is 5.41 Å². The van der Waals surface area contributed by atoms with Gasteiger partial charge in [0.25, 0.3) is 6.43 Å². The topological polar surface area (TPSA) is 38.3 Å². The van der Waals surface area contributed by atoms with E-state index in [4.69, 9.17) is 0 Å². The van der Waals surface area contributed by atoms with Crippen LogP contribution in [-0.2, 0) is 9.53 Å². The number of carbonyl (C=O) groups excluding carboxylic acids is 1. The summed E-state index contributed by atoms with van der Waals surface area (Å²) in [4.78, 5) is 11.4. The summed E-state index contributed by atoms with van der Waals surface area (Å²) in [6.45, 7) is 4.20. The highest BCUT2D eigenvalue weighted by atomic mass is 79.9. The van der Waals surface area contributed by atoms with E-state index in [1.165, 1.54) is 0 Å². The van der Waals surface area contributed by atoms with Gasteiger partial charge in [0.2, 0.25) is 5.91 Å². The molecule has 3 nitrogen and oxygen atoms in total. The van der Waals surface area contributed by atoms with Gasteiger partial charge < -0.3 is 10.1 Å². The van der Waals surface area contributed by atoms with Crippen molar-refractivity contribution >= 4 is 21.8 Å². The molecule has 0 aromatic heterocycles. The Morgan fingerprint density at radius 1 is 1.44 bits per heavy atom. The molecule has 108 valence electrons. The first kappa shape index (κ1) is 17.8. The summed E-state index contributed by atoms with van der Waals surface area (Å²) >= 11 is 3.37. The average Bonchev–Trinajstić information content (AvgIpc) is 2.29. The van der Waals surface area contributed by atoms with Gasteiger partial charge in [-0.1, -0.05) is 29.8 Å². The molecule has 6 heteroatoms. The van der Waals surface area contributed by atoms with Crippen molar-refractivity contribution in [2.45, 2.75) is 39.5 Å². The first-order chi connectivity index (χ1) is 8.37. The van der Waals surface area contributed by atoms with E-state index < -0.39 is 13.0 Å². The third-order valence-corrected chi connectivity index (χ3v) is 3.03. The second kappa shape index (κ2) is 9.67. The van der Waals surface area contributed by atoms with Gasteiger partial charge in [-0.3, -0.25) is 4.79 Å². The lowest BCUT2D eigenvalue weighted by molar-refractivity contribution is -0.123. The molecular formula is C12H22BrF2NO2. The standard InChI is InChI=1S/C12H22BrF2NO2/c1-12(2,5-3-6-13)9-16-11(17)4-7-18-8-10(14)15/h10H,3-9H2,1-2H3,(H,16,17). The molecule has 0 aliphatic heterocycles. The molecule has 0 radical (unpaired) electrons. The zero-order chi connectivity index (χ0) is 14.0. The average molecular weight is 330 g/mol. The Bertz CT molecular complexity index is 238. The van der Waals surface area contributed by atoms with E-state index in [9.17, 15) is 13.6 Å². The maximum atomic E-state index is 11.8. The molecule has 1 N–H and O–H groups in total. The van der Waals surface area contributed by atoms with Crippen LogP contribution in [0.5, 0.6) is 0 Å². The molecule has 0 aromatic rings. The fourth-order valence-corrected chi connectivity index (χ4v) is 1.68. The lowest BCUT2D eigenvalue weighted by atomic mass is 9.88. The number of hydrogen-bond donors (Lipinski definition) is 1. The molecule has 0 aliphatic rings. The van der Waals surface area contributed by atoms with Crippen molar-refractivity contribution in [3.8, 4) is 0 Å². The van der Waals surface area contributed by atoms with Crippen LogP contribution in [0.15, 0.2) is 0 Å². The normalized spacial score (nSPS) is 11.9. The van der Waals surface area contributed by atoms with Crippen LogP contribution >= 0.6 is 15.9 Å². The molecule has 0 spiro atoms. The van der Waals surface area contributed by atoms with Crippen LogP contribution < -0.4 is 5.32 Å². The molecule has 0 unspecified atom stereocenters. The van der Waals surface area contributed by atoms with Gasteiger partial charge in [0.05, 0.1) is 6.61 Å². The molecule has 0 saturated heterocycles. The van der Waals surface area contributed by atoms with E-state index in [1.807, 2.05) is 0 Å².